The quantitative estimate of drug-likeness (QED) is 0.608. The maximum absolute atomic E-state index is 12.4. The van der Waals surface area contributed by atoms with Crippen LogP contribution in [0.15, 0.2) is 76.6 Å². The number of nitrogens with zero attached hydrogens (tertiary/aromatic N) is 2. The van der Waals surface area contributed by atoms with Crippen LogP contribution < -0.4 is 15.6 Å². The molecule has 0 aliphatic rings. The minimum atomic E-state index is -3.72. The molecule has 2 aromatic carbocycles. The number of nitrogens with one attached hydrogen (secondary N) is 1. The van der Waals surface area contributed by atoms with Crippen LogP contribution >= 0.6 is 0 Å². The highest BCUT2D eigenvalue weighted by Crippen LogP contribution is 2.23. The Morgan fingerprint density at radius 1 is 1.03 bits per heavy atom. The topological polar surface area (TPSA) is 97.7 Å². The molecule has 0 atom stereocenters. The first kappa shape index (κ1) is 22.3. The Bertz CT molecular complexity index is 1250. The molecular formula is C22H23N3O5S. The van der Waals surface area contributed by atoms with Gasteiger partial charge in [-0.1, -0.05) is 12.1 Å². The van der Waals surface area contributed by atoms with Crippen molar-refractivity contribution in [1.29, 1.82) is 0 Å². The highest BCUT2D eigenvalue weighted by Gasteiger charge is 2.18. The number of sulfonamides is 1. The summed E-state index contributed by atoms with van der Waals surface area (Å²) in [5.74, 6) is 0.860. The zero-order valence-corrected chi connectivity index (χ0v) is 18.2. The number of aromatic nitrogens is 1. The maximum Gasteiger partial charge on any atom is 0.251 e. The average molecular weight is 442 g/mol. The molecule has 0 spiro atoms. The van der Waals surface area contributed by atoms with Crippen LogP contribution in [0.25, 0.3) is 0 Å². The maximum atomic E-state index is 12.4. The predicted molar refractivity (Wildman–Crippen MR) is 118 cm³/mol. The van der Waals surface area contributed by atoms with Gasteiger partial charge in [-0.2, -0.15) is 0 Å². The van der Waals surface area contributed by atoms with Crippen molar-refractivity contribution < 1.29 is 17.9 Å². The van der Waals surface area contributed by atoms with Crippen molar-refractivity contribution in [3.05, 3.63) is 82.8 Å². The first-order valence-corrected chi connectivity index (χ1v) is 10.9. The van der Waals surface area contributed by atoms with Crippen molar-refractivity contribution in [3.8, 4) is 11.5 Å². The van der Waals surface area contributed by atoms with Gasteiger partial charge in [0.05, 0.1) is 4.90 Å². The summed E-state index contributed by atoms with van der Waals surface area (Å²) >= 11 is 0. The molecule has 0 saturated heterocycles. The first-order chi connectivity index (χ1) is 14.6. The fourth-order valence-corrected chi connectivity index (χ4v) is 3.69. The van der Waals surface area contributed by atoms with Gasteiger partial charge < -0.3 is 14.6 Å². The largest absolute Gasteiger partial charge is 0.457 e. The van der Waals surface area contributed by atoms with Crippen LogP contribution in [0.3, 0.4) is 0 Å². The van der Waals surface area contributed by atoms with E-state index in [1.807, 2.05) is 31.2 Å². The minimum Gasteiger partial charge on any atom is -0.457 e. The summed E-state index contributed by atoms with van der Waals surface area (Å²) in [5.41, 5.74) is 1.13. The molecule has 0 saturated carbocycles. The van der Waals surface area contributed by atoms with Crippen molar-refractivity contribution in [1.82, 2.24) is 8.87 Å². The lowest BCUT2D eigenvalue weighted by Crippen LogP contribution is -2.29. The SMILES string of the molecule is Cc1cccc(Oc2ccc(NC(=O)Cn3cc(S(=O)(=O)N(C)C)ccc3=O)cc2)c1. The van der Waals surface area contributed by atoms with Crippen LogP contribution in [0.4, 0.5) is 5.69 Å². The Morgan fingerprint density at radius 3 is 2.39 bits per heavy atom. The number of anilines is 1. The normalized spacial score (nSPS) is 11.4. The fraction of sp³-hybridized carbons (Fsp3) is 0.182. The zero-order valence-electron chi connectivity index (χ0n) is 17.4. The fourth-order valence-electron chi connectivity index (χ4n) is 2.77. The molecule has 162 valence electrons. The number of carbonyl (C=O) groups is 1. The zero-order chi connectivity index (χ0) is 22.6. The van der Waals surface area contributed by atoms with E-state index in [0.29, 0.717) is 17.2 Å². The minimum absolute atomic E-state index is 0.0671. The average Bonchev–Trinajstić information content (AvgIpc) is 2.71. The highest BCUT2D eigenvalue weighted by molar-refractivity contribution is 7.89. The number of amides is 1. The van der Waals surface area contributed by atoms with Crippen LogP contribution in [-0.2, 0) is 21.4 Å². The number of pyridine rings is 1. The third-order valence-electron chi connectivity index (χ3n) is 4.41. The molecule has 3 rings (SSSR count). The van der Waals surface area contributed by atoms with E-state index >= 15 is 0 Å². The number of rotatable bonds is 7. The van der Waals surface area contributed by atoms with Crippen LogP contribution in [0.1, 0.15) is 5.56 Å². The van der Waals surface area contributed by atoms with E-state index in [1.54, 1.807) is 24.3 Å². The predicted octanol–water partition coefficient (Wildman–Crippen LogP) is 2.84. The van der Waals surface area contributed by atoms with E-state index in [4.69, 9.17) is 4.74 Å². The molecular weight excluding hydrogens is 418 g/mol. The Kier molecular flexibility index (Phi) is 6.57. The highest BCUT2D eigenvalue weighted by atomic mass is 32.2. The van der Waals surface area contributed by atoms with Gasteiger partial charge in [0.25, 0.3) is 5.56 Å². The van der Waals surface area contributed by atoms with Gasteiger partial charge in [-0.25, -0.2) is 12.7 Å². The third kappa shape index (κ3) is 5.59. The molecule has 1 aromatic heterocycles. The molecule has 9 heteroatoms. The number of hydrogen-bond donors (Lipinski definition) is 1. The van der Waals surface area contributed by atoms with Crippen LogP contribution in [0.5, 0.6) is 11.5 Å². The smallest absolute Gasteiger partial charge is 0.251 e. The Balaban J connectivity index is 1.68. The van der Waals surface area contributed by atoms with Gasteiger partial charge in [-0.15, -0.1) is 0 Å². The Hall–Kier alpha value is -3.43. The van der Waals surface area contributed by atoms with Crippen molar-refractivity contribution in [2.24, 2.45) is 0 Å². The lowest BCUT2D eigenvalue weighted by molar-refractivity contribution is -0.116. The van der Waals surface area contributed by atoms with Crippen LogP contribution in [0.2, 0.25) is 0 Å². The van der Waals surface area contributed by atoms with E-state index in [-0.39, 0.29) is 11.4 Å². The molecule has 3 aromatic rings. The number of carbonyl (C=O) groups excluding carboxylic acids is 1. The van der Waals surface area contributed by atoms with E-state index in [0.717, 1.165) is 26.7 Å². The summed E-state index contributed by atoms with van der Waals surface area (Å²) in [6.45, 7) is 1.65. The van der Waals surface area contributed by atoms with Gasteiger partial charge in [0.1, 0.15) is 18.0 Å². The number of ether oxygens (including phenoxy) is 1. The summed E-state index contributed by atoms with van der Waals surface area (Å²) < 4.78 is 32.4. The van der Waals surface area contributed by atoms with E-state index in [2.05, 4.69) is 5.32 Å². The van der Waals surface area contributed by atoms with E-state index in [9.17, 15) is 18.0 Å². The molecule has 1 N–H and O–H groups in total. The molecule has 0 aliphatic heterocycles. The molecule has 0 aliphatic carbocycles. The summed E-state index contributed by atoms with van der Waals surface area (Å²) in [6.07, 6.45) is 1.16. The van der Waals surface area contributed by atoms with Gasteiger partial charge in [0.15, 0.2) is 0 Å². The van der Waals surface area contributed by atoms with Crippen molar-refractivity contribution in [2.45, 2.75) is 18.4 Å². The first-order valence-electron chi connectivity index (χ1n) is 9.42. The van der Waals surface area contributed by atoms with Gasteiger partial charge >= 0.3 is 0 Å². The number of hydrogen-bond acceptors (Lipinski definition) is 5. The second kappa shape index (κ2) is 9.15. The molecule has 1 heterocycles. The lowest BCUT2D eigenvalue weighted by Gasteiger charge is -2.13. The molecule has 1 amide bonds. The standard InChI is InChI=1S/C22H23N3O5S/c1-16-5-4-6-19(13-16)30-18-9-7-17(8-10-18)23-21(26)15-25-14-20(11-12-22(25)27)31(28,29)24(2)3/h4-14H,15H2,1-3H3,(H,23,26). The molecule has 0 unspecified atom stereocenters. The van der Waals surface area contributed by atoms with Crippen molar-refractivity contribution in [2.75, 3.05) is 19.4 Å². The van der Waals surface area contributed by atoms with Gasteiger partial charge in [-0.3, -0.25) is 9.59 Å². The van der Waals surface area contributed by atoms with Crippen LogP contribution in [-0.4, -0.2) is 37.3 Å². The van der Waals surface area contributed by atoms with Gasteiger partial charge in [-0.05, 0) is 55.0 Å². The van der Waals surface area contributed by atoms with Gasteiger partial charge in [0.2, 0.25) is 15.9 Å². The summed E-state index contributed by atoms with van der Waals surface area (Å²) in [4.78, 5) is 24.4. The number of benzene rings is 2. The van der Waals surface area contributed by atoms with Crippen molar-refractivity contribution in [3.63, 3.8) is 0 Å². The molecule has 0 fully saturated rings. The van der Waals surface area contributed by atoms with E-state index in [1.165, 1.54) is 20.2 Å². The molecule has 31 heavy (non-hydrogen) atoms. The second-order valence-corrected chi connectivity index (χ2v) is 9.26. The van der Waals surface area contributed by atoms with Gasteiger partial charge in [0, 0.05) is 32.0 Å². The van der Waals surface area contributed by atoms with Crippen LogP contribution in [0, 0.1) is 6.92 Å². The lowest BCUT2D eigenvalue weighted by atomic mass is 10.2. The third-order valence-corrected chi connectivity index (χ3v) is 6.21. The summed E-state index contributed by atoms with van der Waals surface area (Å²) in [6, 6.07) is 16.8. The molecule has 8 nitrogen and oxygen atoms in total. The number of aryl methyl sites for hydroxylation is 1. The second-order valence-electron chi connectivity index (χ2n) is 7.11. The monoisotopic (exact) mass is 441 g/mol. The molecule has 0 radical (unpaired) electrons. The Labute approximate surface area is 180 Å². The molecule has 0 bridgehead atoms. The van der Waals surface area contributed by atoms with Crippen molar-refractivity contribution >= 4 is 21.6 Å². The summed E-state index contributed by atoms with van der Waals surface area (Å²) in [5, 5.41) is 2.68. The van der Waals surface area contributed by atoms with E-state index < -0.39 is 21.5 Å². The summed E-state index contributed by atoms with van der Waals surface area (Å²) in [7, 11) is -0.931. The Morgan fingerprint density at radius 2 is 1.74 bits per heavy atom.